The molecule has 1 N–H and O–H groups in total. The lowest BCUT2D eigenvalue weighted by atomic mass is 10.1. The molecule has 1 unspecified atom stereocenters. The van der Waals surface area contributed by atoms with Gasteiger partial charge in [0.05, 0.1) is 12.6 Å². The average molecular weight is 237 g/mol. The van der Waals surface area contributed by atoms with Crippen molar-refractivity contribution in [3.05, 3.63) is 28.8 Å². The quantitative estimate of drug-likeness (QED) is 0.823. The van der Waals surface area contributed by atoms with Crippen LogP contribution >= 0.6 is 0 Å². The lowest BCUT2D eigenvalue weighted by molar-refractivity contribution is 0.139. The Hall–Kier alpha value is -1.06. The normalized spacial score (nSPS) is 12.5. The largest absolute Gasteiger partial charge is 0.492 e. The van der Waals surface area contributed by atoms with Gasteiger partial charge in [-0.05, 0) is 50.6 Å². The van der Waals surface area contributed by atoms with E-state index in [2.05, 4.69) is 38.2 Å². The first-order chi connectivity index (χ1) is 8.08. The lowest BCUT2D eigenvalue weighted by Crippen LogP contribution is -2.35. The van der Waals surface area contributed by atoms with Gasteiger partial charge in [-0.2, -0.15) is 0 Å². The van der Waals surface area contributed by atoms with Crippen molar-refractivity contribution >= 4 is 0 Å². The summed E-state index contributed by atoms with van der Waals surface area (Å²) in [6.45, 7) is 7.56. The van der Waals surface area contributed by atoms with Crippen LogP contribution < -0.4 is 10.1 Å². The van der Waals surface area contributed by atoms with Gasteiger partial charge in [0, 0.05) is 7.11 Å². The molecule has 0 heterocycles. The van der Waals surface area contributed by atoms with Crippen LogP contribution in [0.25, 0.3) is 0 Å². The average Bonchev–Trinajstić information content (AvgIpc) is 2.30. The van der Waals surface area contributed by atoms with Crippen molar-refractivity contribution in [1.82, 2.24) is 5.32 Å². The number of nitrogens with one attached hydrogen (secondary N) is 1. The summed E-state index contributed by atoms with van der Waals surface area (Å²) in [7, 11) is 3.62. The van der Waals surface area contributed by atoms with Gasteiger partial charge in [-0.25, -0.2) is 0 Å². The third kappa shape index (κ3) is 4.02. The number of rotatable bonds is 6. The van der Waals surface area contributed by atoms with Crippen molar-refractivity contribution in [3.8, 4) is 5.75 Å². The zero-order valence-electron chi connectivity index (χ0n) is 11.5. The standard InChI is InChI=1S/C14H23NO2/c1-10-6-11(2)12(3)14(7-10)17-9-13(15-4)8-16-5/h6-7,13,15H,8-9H2,1-5H3. The highest BCUT2D eigenvalue weighted by Crippen LogP contribution is 2.23. The highest BCUT2D eigenvalue weighted by Gasteiger charge is 2.09. The van der Waals surface area contributed by atoms with E-state index in [0.717, 1.165) is 5.75 Å². The number of hydrogen-bond donors (Lipinski definition) is 1. The molecular weight excluding hydrogens is 214 g/mol. The fourth-order valence-electron chi connectivity index (χ4n) is 1.76. The van der Waals surface area contributed by atoms with E-state index in [9.17, 15) is 0 Å². The van der Waals surface area contributed by atoms with Crippen molar-refractivity contribution in [2.75, 3.05) is 27.4 Å². The molecule has 3 heteroatoms. The second-order valence-corrected chi connectivity index (χ2v) is 4.46. The molecular formula is C14H23NO2. The van der Waals surface area contributed by atoms with E-state index < -0.39 is 0 Å². The molecule has 0 spiro atoms. The summed E-state index contributed by atoms with van der Waals surface area (Å²) in [5.74, 6) is 0.971. The first-order valence-electron chi connectivity index (χ1n) is 5.95. The summed E-state index contributed by atoms with van der Waals surface area (Å²) in [5.41, 5.74) is 3.71. The third-order valence-corrected chi connectivity index (χ3v) is 2.98. The van der Waals surface area contributed by atoms with E-state index >= 15 is 0 Å². The molecule has 96 valence electrons. The molecule has 0 fully saturated rings. The van der Waals surface area contributed by atoms with Crippen molar-refractivity contribution in [2.24, 2.45) is 0 Å². The minimum absolute atomic E-state index is 0.222. The zero-order chi connectivity index (χ0) is 12.8. The predicted molar refractivity (Wildman–Crippen MR) is 70.9 cm³/mol. The van der Waals surface area contributed by atoms with E-state index in [0.29, 0.717) is 13.2 Å². The molecule has 0 aliphatic carbocycles. The smallest absolute Gasteiger partial charge is 0.122 e. The Balaban J connectivity index is 2.68. The first kappa shape index (κ1) is 14.0. The fourth-order valence-corrected chi connectivity index (χ4v) is 1.76. The van der Waals surface area contributed by atoms with Crippen LogP contribution in [0.1, 0.15) is 16.7 Å². The predicted octanol–water partition coefficient (Wildman–Crippen LogP) is 2.23. The van der Waals surface area contributed by atoms with Gasteiger partial charge in [-0.1, -0.05) is 6.07 Å². The molecule has 0 aliphatic rings. The number of likely N-dealkylation sites (N-methyl/N-ethyl adjacent to an activating group) is 1. The summed E-state index contributed by atoms with van der Waals surface area (Å²) in [5, 5.41) is 3.17. The molecule has 0 amide bonds. The van der Waals surface area contributed by atoms with Gasteiger partial charge in [0.15, 0.2) is 0 Å². The Labute approximate surface area is 104 Å². The molecule has 1 rings (SSSR count). The Morgan fingerprint density at radius 1 is 1.18 bits per heavy atom. The lowest BCUT2D eigenvalue weighted by Gasteiger charge is -2.18. The molecule has 17 heavy (non-hydrogen) atoms. The summed E-state index contributed by atoms with van der Waals surface area (Å²) >= 11 is 0. The summed E-state index contributed by atoms with van der Waals surface area (Å²) < 4.78 is 11.0. The Bertz CT molecular complexity index is 363. The van der Waals surface area contributed by atoms with Crippen LogP contribution in [0.4, 0.5) is 0 Å². The topological polar surface area (TPSA) is 30.5 Å². The van der Waals surface area contributed by atoms with Crippen LogP contribution in [-0.2, 0) is 4.74 Å². The van der Waals surface area contributed by atoms with Crippen molar-refractivity contribution in [2.45, 2.75) is 26.8 Å². The van der Waals surface area contributed by atoms with Gasteiger partial charge in [0.25, 0.3) is 0 Å². The molecule has 0 aromatic heterocycles. The SMILES string of the molecule is CNC(COC)COc1cc(C)cc(C)c1C. The maximum atomic E-state index is 5.86. The third-order valence-electron chi connectivity index (χ3n) is 2.98. The highest BCUT2D eigenvalue weighted by atomic mass is 16.5. The molecule has 0 saturated carbocycles. The van der Waals surface area contributed by atoms with Crippen molar-refractivity contribution < 1.29 is 9.47 Å². The van der Waals surface area contributed by atoms with E-state index in [-0.39, 0.29) is 6.04 Å². The molecule has 0 radical (unpaired) electrons. The Kier molecular flexibility index (Phi) is 5.45. The zero-order valence-corrected chi connectivity index (χ0v) is 11.5. The molecule has 0 bridgehead atoms. The van der Waals surface area contributed by atoms with Gasteiger partial charge in [0.1, 0.15) is 12.4 Å². The fraction of sp³-hybridized carbons (Fsp3) is 0.571. The molecule has 1 aromatic carbocycles. The van der Waals surface area contributed by atoms with E-state index in [1.807, 2.05) is 7.05 Å². The summed E-state index contributed by atoms with van der Waals surface area (Å²) in [6.07, 6.45) is 0. The highest BCUT2D eigenvalue weighted by molar-refractivity contribution is 5.41. The number of hydrogen-bond acceptors (Lipinski definition) is 3. The Morgan fingerprint density at radius 3 is 2.47 bits per heavy atom. The number of methoxy groups -OCH3 is 1. The van der Waals surface area contributed by atoms with E-state index in [4.69, 9.17) is 9.47 Å². The molecule has 1 atom stereocenters. The second kappa shape index (κ2) is 6.62. The molecule has 0 aliphatic heterocycles. The van der Waals surface area contributed by atoms with Crippen LogP contribution in [0.15, 0.2) is 12.1 Å². The van der Waals surface area contributed by atoms with Crippen molar-refractivity contribution in [3.63, 3.8) is 0 Å². The number of aryl methyl sites for hydroxylation is 2. The molecule has 0 saturated heterocycles. The van der Waals surface area contributed by atoms with Crippen molar-refractivity contribution in [1.29, 1.82) is 0 Å². The van der Waals surface area contributed by atoms with Crippen LogP contribution in [-0.4, -0.2) is 33.4 Å². The van der Waals surface area contributed by atoms with E-state index in [1.54, 1.807) is 7.11 Å². The first-order valence-corrected chi connectivity index (χ1v) is 5.95. The van der Waals surface area contributed by atoms with Crippen LogP contribution in [0.5, 0.6) is 5.75 Å². The maximum absolute atomic E-state index is 5.86. The van der Waals surface area contributed by atoms with Gasteiger partial charge >= 0.3 is 0 Å². The maximum Gasteiger partial charge on any atom is 0.122 e. The molecule has 3 nitrogen and oxygen atoms in total. The van der Waals surface area contributed by atoms with Crippen LogP contribution in [0.3, 0.4) is 0 Å². The minimum atomic E-state index is 0.222. The second-order valence-electron chi connectivity index (χ2n) is 4.46. The summed E-state index contributed by atoms with van der Waals surface area (Å²) in [4.78, 5) is 0. The minimum Gasteiger partial charge on any atom is -0.492 e. The van der Waals surface area contributed by atoms with E-state index in [1.165, 1.54) is 16.7 Å². The molecule has 1 aromatic rings. The Morgan fingerprint density at radius 2 is 1.88 bits per heavy atom. The van der Waals surface area contributed by atoms with Gasteiger partial charge in [-0.3, -0.25) is 0 Å². The monoisotopic (exact) mass is 237 g/mol. The van der Waals surface area contributed by atoms with Gasteiger partial charge in [0.2, 0.25) is 0 Å². The number of benzene rings is 1. The van der Waals surface area contributed by atoms with Crippen LogP contribution in [0, 0.1) is 20.8 Å². The van der Waals surface area contributed by atoms with Gasteiger partial charge < -0.3 is 14.8 Å². The van der Waals surface area contributed by atoms with Gasteiger partial charge in [-0.15, -0.1) is 0 Å². The summed E-state index contributed by atoms with van der Waals surface area (Å²) in [6, 6.07) is 4.48. The van der Waals surface area contributed by atoms with Crippen LogP contribution in [0.2, 0.25) is 0 Å². The number of ether oxygens (including phenoxy) is 2.